The molecule has 0 radical (unpaired) electrons. The molecule has 98 valence electrons. The lowest BCUT2D eigenvalue weighted by atomic mass is 10.1. The highest BCUT2D eigenvalue weighted by molar-refractivity contribution is 9.10. The summed E-state index contributed by atoms with van der Waals surface area (Å²) in [6, 6.07) is 5.21. The Morgan fingerprint density at radius 2 is 2.00 bits per heavy atom. The predicted octanol–water partition coefficient (Wildman–Crippen LogP) is 2.34. The Kier molecular flexibility index (Phi) is 3.90. The van der Waals surface area contributed by atoms with Crippen LogP contribution in [0.1, 0.15) is 16.2 Å². The van der Waals surface area contributed by atoms with Crippen molar-refractivity contribution < 1.29 is 9.18 Å². The van der Waals surface area contributed by atoms with Crippen molar-refractivity contribution in [2.45, 2.75) is 13.5 Å². The zero-order valence-electron chi connectivity index (χ0n) is 10.1. The minimum absolute atomic E-state index is 0.122. The van der Waals surface area contributed by atoms with Gasteiger partial charge < -0.3 is 0 Å². The molecule has 6 heteroatoms. The summed E-state index contributed by atoms with van der Waals surface area (Å²) in [5.41, 5.74) is 0.0376. The van der Waals surface area contributed by atoms with E-state index < -0.39 is 5.82 Å². The zero-order chi connectivity index (χ0) is 14.0. The van der Waals surface area contributed by atoms with E-state index in [0.717, 1.165) is 0 Å². The molecule has 0 atom stereocenters. The first kappa shape index (κ1) is 13.6. The van der Waals surface area contributed by atoms with Crippen LogP contribution in [0.2, 0.25) is 0 Å². The average molecular weight is 325 g/mol. The molecule has 0 saturated heterocycles. The number of ketones is 1. The molecule has 0 spiro atoms. The van der Waals surface area contributed by atoms with Crippen LogP contribution in [0.15, 0.2) is 39.7 Å². The third kappa shape index (κ3) is 2.96. The number of hydrogen-bond acceptors (Lipinski definition) is 3. The smallest absolute Gasteiger partial charge is 0.268 e. The van der Waals surface area contributed by atoms with Gasteiger partial charge in [0.05, 0.1) is 6.54 Å². The van der Waals surface area contributed by atoms with Gasteiger partial charge in [-0.3, -0.25) is 14.2 Å². The zero-order valence-corrected chi connectivity index (χ0v) is 11.6. The van der Waals surface area contributed by atoms with Crippen LogP contribution in [0.25, 0.3) is 0 Å². The minimum atomic E-state index is -0.408. The molecule has 0 unspecified atom stereocenters. The largest absolute Gasteiger partial charge is 0.292 e. The highest BCUT2D eigenvalue weighted by atomic mass is 79.9. The van der Waals surface area contributed by atoms with Gasteiger partial charge in [-0.1, -0.05) is 0 Å². The molecule has 0 aliphatic rings. The number of benzene rings is 1. The Hall–Kier alpha value is -1.82. The van der Waals surface area contributed by atoms with Crippen molar-refractivity contribution in [3.8, 4) is 0 Å². The number of hydrogen-bond donors (Lipinski definition) is 0. The van der Waals surface area contributed by atoms with Gasteiger partial charge in [-0.25, -0.2) is 9.37 Å². The molecule has 0 saturated carbocycles. The number of nitrogens with zero attached hydrogens (tertiary/aromatic N) is 2. The Balaban J connectivity index is 2.32. The normalized spacial score (nSPS) is 10.5. The van der Waals surface area contributed by atoms with E-state index in [0.29, 0.717) is 15.9 Å². The molecule has 0 aliphatic carbocycles. The first-order valence-electron chi connectivity index (χ1n) is 5.50. The predicted molar refractivity (Wildman–Crippen MR) is 71.7 cm³/mol. The first-order valence-corrected chi connectivity index (χ1v) is 6.29. The molecule has 0 N–H and O–H groups in total. The maximum absolute atomic E-state index is 12.8. The molecule has 1 aromatic heterocycles. The monoisotopic (exact) mass is 324 g/mol. The number of carbonyl (C=O) groups is 1. The quantitative estimate of drug-likeness (QED) is 0.814. The van der Waals surface area contributed by atoms with E-state index in [4.69, 9.17) is 0 Å². The summed E-state index contributed by atoms with van der Waals surface area (Å²) in [7, 11) is 0. The van der Waals surface area contributed by atoms with Crippen molar-refractivity contribution in [1.29, 1.82) is 0 Å². The molecule has 4 nitrogen and oxygen atoms in total. The SMILES string of the molecule is Cc1ncc(Br)c(=O)n1CC(=O)c1ccc(F)cc1. The van der Waals surface area contributed by atoms with Crippen molar-refractivity contribution >= 4 is 21.7 Å². The van der Waals surface area contributed by atoms with Crippen LogP contribution in [0.5, 0.6) is 0 Å². The van der Waals surface area contributed by atoms with Crippen molar-refractivity contribution in [2.24, 2.45) is 0 Å². The van der Waals surface area contributed by atoms with Crippen LogP contribution < -0.4 is 5.56 Å². The number of halogens is 2. The van der Waals surface area contributed by atoms with Gasteiger partial charge in [-0.2, -0.15) is 0 Å². The van der Waals surface area contributed by atoms with Gasteiger partial charge in [0, 0.05) is 11.8 Å². The molecular weight excluding hydrogens is 315 g/mol. The molecule has 1 heterocycles. The van der Waals surface area contributed by atoms with Crippen molar-refractivity contribution in [1.82, 2.24) is 9.55 Å². The van der Waals surface area contributed by atoms with Crippen LogP contribution >= 0.6 is 15.9 Å². The molecule has 2 rings (SSSR count). The third-order valence-corrected chi connectivity index (χ3v) is 3.22. The number of aryl methyl sites for hydroxylation is 1. The summed E-state index contributed by atoms with van der Waals surface area (Å²) < 4.78 is 14.3. The average Bonchev–Trinajstić information content (AvgIpc) is 2.40. The number of aromatic nitrogens is 2. The second-order valence-electron chi connectivity index (χ2n) is 3.97. The van der Waals surface area contributed by atoms with Crippen LogP contribution in [-0.2, 0) is 6.54 Å². The van der Waals surface area contributed by atoms with Gasteiger partial charge in [0.1, 0.15) is 16.1 Å². The van der Waals surface area contributed by atoms with E-state index in [-0.39, 0.29) is 17.9 Å². The van der Waals surface area contributed by atoms with Gasteiger partial charge in [0.2, 0.25) is 0 Å². The molecule has 0 fully saturated rings. The summed E-state index contributed by atoms with van der Waals surface area (Å²) in [6.45, 7) is 1.52. The summed E-state index contributed by atoms with van der Waals surface area (Å²) in [6.07, 6.45) is 1.40. The van der Waals surface area contributed by atoms with Crippen LogP contribution in [0, 0.1) is 12.7 Å². The Labute approximate surface area is 117 Å². The fourth-order valence-electron chi connectivity index (χ4n) is 1.61. The molecule has 19 heavy (non-hydrogen) atoms. The van der Waals surface area contributed by atoms with E-state index in [2.05, 4.69) is 20.9 Å². The topological polar surface area (TPSA) is 52.0 Å². The van der Waals surface area contributed by atoms with Gasteiger partial charge in [0.15, 0.2) is 5.78 Å². The van der Waals surface area contributed by atoms with Gasteiger partial charge >= 0.3 is 0 Å². The molecule has 0 amide bonds. The van der Waals surface area contributed by atoms with E-state index in [1.54, 1.807) is 6.92 Å². The van der Waals surface area contributed by atoms with Crippen LogP contribution in [0.4, 0.5) is 4.39 Å². The fourth-order valence-corrected chi connectivity index (χ4v) is 1.92. The van der Waals surface area contributed by atoms with Crippen molar-refractivity contribution in [3.63, 3.8) is 0 Å². The molecule has 0 bridgehead atoms. The summed E-state index contributed by atoms with van der Waals surface area (Å²) in [4.78, 5) is 27.9. The Morgan fingerprint density at radius 1 is 1.37 bits per heavy atom. The second kappa shape index (κ2) is 5.44. The highest BCUT2D eigenvalue weighted by Gasteiger charge is 2.11. The van der Waals surface area contributed by atoms with Crippen LogP contribution in [0.3, 0.4) is 0 Å². The number of rotatable bonds is 3. The van der Waals surface area contributed by atoms with E-state index in [1.165, 1.54) is 35.0 Å². The third-order valence-electron chi connectivity index (χ3n) is 2.67. The summed E-state index contributed by atoms with van der Waals surface area (Å²) >= 11 is 3.08. The lowest BCUT2D eigenvalue weighted by Crippen LogP contribution is -2.27. The fraction of sp³-hybridized carbons (Fsp3) is 0.154. The molecule has 0 aliphatic heterocycles. The standard InChI is InChI=1S/C13H10BrFN2O2/c1-8-16-6-11(14)13(19)17(8)7-12(18)9-2-4-10(15)5-3-9/h2-6H,7H2,1H3. The molecule has 1 aromatic carbocycles. The van der Waals surface area contributed by atoms with Gasteiger partial charge in [-0.15, -0.1) is 0 Å². The van der Waals surface area contributed by atoms with Gasteiger partial charge in [0.25, 0.3) is 5.56 Å². The number of carbonyl (C=O) groups excluding carboxylic acids is 1. The summed E-state index contributed by atoms with van der Waals surface area (Å²) in [5.74, 6) is -0.234. The van der Waals surface area contributed by atoms with E-state index in [1.807, 2.05) is 0 Å². The molecular formula is C13H10BrFN2O2. The molecule has 2 aromatic rings. The first-order chi connectivity index (χ1) is 8.99. The van der Waals surface area contributed by atoms with Crippen molar-refractivity contribution in [3.05, 3.63) is 62.5 Å². The van der Waals surface area contributed by atoms with Gasteiger partial charge in [-0.05, 0) is 47.1 Å². The van der Waals surface area contributed by atoms with Crippen molar-refractivity contribution in [2.75, 3.05) is 0 Å². The second-order valence-corrected chi connectivity index (χ2v) is 4.83. The van der Waals surface area contributed by atoms with E-state index >= 15 is 0 Å². The summed E-state index contributed by atoms with van der Waals surface area (Å²) in [5, 5.41) is 0. The Morgan fingerprint density at radius 3 is 2.63 bits per heavy atom. The maximum atomic E-state index is 12.8. The Bertz CT molecular complexity index is 680. The highest BCUT2D eigenvalue weighted by Crippen LogP contribution is 2.07. The van der Waals surface area contributed by atoms with E-state index in [9.17, 15) is 14.0 Å². The minimum Gasteiger partial charge on any atom is -0.292 e. The van der Waals surface area contributed by atoms with Crippen LogP contribution in [-0.4, -0.2) is 15.3 Å². The lowest BCUT2D eigenvalue weighted by molar-refractivity contribution is 0.0969. The maximum Gasteiger partial charge on any atom is 0.268 e. The lowest BCUT2D eigenvalue weighted by Gasteiger charge is -2.08. The number of Topliss-reactive ketones (excluding diaryl/α,β-unsaturated/α-hetero) is 1.